The summed E-state index contributed by atoms with van der Waals surface area (Å²) in [4.78, 5) is 16.6. The van der Waals surface area contributed by atoms with Gasteiger partial charge in [0.2, 0.25) is 5.91 Å². The molecule has 3 aromatic carbocycles. The Morgan fingerprint density at radius 1 is 0.828 bits per heavy atom. The first kappa shape index (κ1) is 17.2. The highest BCUT2D eigenvalue weighted by Gasteiger charge is 2.10. The summed E-state index contributed by atoms with van der Waals surface area (Å²) in [5.74, 6) is -0.0606. The molecule has 140 valence electrons. The first-order chi connectivity index (χ1) is 14.3. The maximum absolute atomic E-state index is 12.5. The number of para-hydroxylation sites is 1. The molecule has 0 atom stereocenters. The van der Waals surface area contributed by atoms with Crippen LogP contribution >= 0.6 is 0 Å². The van der Waals surface area contributed by atoms with Crippen molar-refractivity contribution in [3.05, 3.63) is 96.8 Å². The number of pyridine rings is 1. The van der Waals surface area contributed by atoms with Crippen molar-refractivity contribution >= 4 is 33.5 Å². The van der Waals surface area contributed by atoms with E-state index in [2.05, 4.69) is 10.3 Å². The lowest BCUT2D eigenvalue weighted by molar-refractivity contribution is -0.115. The van der Waals surface area contributed by atoms with E-state index in [0.29, 0.717) is 0 Å². The molecule has 2 aromatic heterocycles. The molecule has 5 aromatic rings. The predicted octanol–water partition coefficient (Wildman–Crippen LogP) is 5.83. The highest BCUT2D eigenvalue weighted by Crippen LogP contribution is 2.29. The van der Waals surface area contributed by atoms with Crippen LogP contribution in [-0.4, -0.2) is 10.9 Å². The van der Waals surface area contributed by atoms with E-state index in [0.717, 1.165) is 44.3 Å². The number of amides is 1. The number of benzene rings is 3. The number of nitrogens with one attached hydrogen (secondary N) is 1. The molecule has 0 fully saturated rings. The van der Waals surface area contributed by atoms with Gasteiger partial charge in [0, 0.05) is 28.9 Å². The summed E-state index contributed by atoms with van der Waals surface area (Å²) in [7, 11) is 0. The number of carbonyl (C=O) groups excluding carboxylic acids is 1. The number of nitrogens with zero attached hydrogens (tertiary/aromatic N) is 1. The number of rotatable bonds is 4. The maximum Gasteiger partial charge on any atom is 0.228 e. The van der Waals surface area contributed by atoms with E-state index in [1.807, 2.05) is 85.1 Å². The first-order valence-corrected chi connectivity index (χ1v) is 9.47. The fraction of sp³-hybridized carbons (Fsp3) is 0.0400. The van der Waals surface area contributed by atoms with Crippen molar-refractivity contribution in [2.24, 2.45) is 0 Å². The van der Waals surface area contributed by atoms with Gasteiger partial charge in [0.1, 0.15) is 11.2 Å². The van der Waals surface area contributed by atoms with Gasteiger partial charge in [-0.2, -0.15) is 0 Å². The zero-order valence-corrected chi connectivity index (χ0v) is 15.6. The summed E-state index contributed by atoms with van der Waals surface area (Å²) >= 11 is 0. The van der Waals surface area contributed by atoms with Gasteiger partial charge in [-0.3, -0.25) is 9.78 Å². The Balaban J connectivity index is 1.31. The smallest absolute Gasteiger partial charge is 0.228 e. The number of anilines is 1. The van der Waals surface area contributed by atoms with Crippen LogP contribution in [0, 0.1) is 0 Å². The normalized spacial score (nSPS) is 11.0. The van der Waals surface area contributed by atoms with Crippen LogP contribution in [0.1, 0.15) is 5.56 Å². The van der Waals surface area contributed by atoms with E-state index in [4.69, 9.17) is 4.42 Å². The number of carbonyl (C=O) groups is 1. The van der Waals surface area contributed by atoms with Crippen LogP contribution in [-0.2, 0) is 11.2 Å². The van der Waals surface area contributed by atoms with Crippen LogP contribution in [0.2, 0.25) is 0 Å². The van der Waals surface area contributed by atoms with Gasteiger partial charge in [-0.05, 0) is 47.0 Å². The van der Waals surface area contributed by atoms with Crippen LogP contribution in [0.3, 0.4) is 0 Å². The summed E-state index contributed by atoms with van der Waals surface area (Å²) in [5, 5.41) is 5.11. The molecule has 0 saturated carbocycles. The van der Waals surface area contributed by atoms with E-state index >= 15 is 0 Å². The van der Waals surface area contributed by atoms with Crippen molar-refractivity contribution in [1.29, 1.82) is 0 Å². The van der Waals surface area contributed by atoms with Gasteiger partial charge in [-0.1, -0.05) is 48.5 Å². The lowest BCUT2D eigenvalue weighted by Crippen LogP contribution is -2.14. The lowest BCUT2D eigenvalue weighted by atomic mass is 10.1. The molecule has 0 spiro atoms. The van der Waals surface area contributed by atoms with Gasteiger partial charge in [0.15, 0.2) is 0 Å². The highest BCUT2D eigenvalue weighted by atomic mass is 16.3. The first-order valence-electron chi connectivity index (χ1n) is 9.47. The third-order valence-corrected chi connectivity index (χ3v) is 4.97. The summed E-state index contributed by atoms with van der Waals surface area (Å²) in [5.41, 5.74) is 5.46. The molecular formula is C25H18N2O2. The molecule has 0 aliphatic carbocycles. The quantitative estimate of drug-likeness (QED) is 0.428. The van der Waals surface area contributed by atoms with Crippen LogP contribution in [0.25, 0.3) is 33.1 Å². The zero-order valence-electron chi connectivity index (χ0n) is 15.6. The second-order valence-electron chi connectivity index (χ2n) is 6.97. The van der Waals surface area contributed by atoms with Gasteiger partial charge >= 0.3 is 0 Å². The van der Waals surface area contributed by atoms with Crippen LogP contribution in [0.5, 0.6) is 0 Å². The molecular weight excluding hydrogens is 360 g/mol. The number of aromatic nitrogens is 1. The van der Waals surface area contributed by atoms with Gasteiger partial charge < -0.3 is 9.73 Å². The molecule has 0 radical (unpaired) electrons. The summed E-state index contributed by atoms with van der Waals surface area (Å²) in [6.07, 6.45) is 3.86. The Hall–Kier alpha value is -3.92. The summed E-state index contributed by atoms with van der Waals surface area (Å²) in [6, 6.07) is 25.6. The standard InChI is InChI=1S/C25H18N2O2/c28-25(27-20-10-8-18(9-11-20)19-4-3-13-26-16-19)15-17-7-12-22-21-5-1-2-6-23(21)29-24(22)14-17/h1-14,16H,15H2,(H,27,28). The van der Waals surface area contributed by atoms with Crippen LogP contribution in [0.4, 0.5) is 5.69 Å². The highest BCUT2D eigenvalue weighted by molar-refractivity contribution is 6.05. The molecule has 0 saturated heterocycles. The lowest BCUT2D eigenvalue weighted by Gasteiger charge is -2.07. The summed E-state index contributed by atoms with van der Waals surface area (Å²) < 4.78 is 5.91. The molecule has 1 amide bonds. The van der Waals surface area contributed by atoms with Gasteiger partial charge in [-0.25, -0.2) is 0 Å². The molecule has 0 unspecified atom stereocenters. The fourth-order valence-corrected chi connectivity index (χ4v) is 3.55. The molecule has 0 aliphatic heterocycles. The minimum atomic E-state index is -0.0606. The largest absolute Gasteiger partial charge is 0.456 e. The van der Waals surface area contributed by atoms with E-state index in [1.165, 1.54) is 0 Å². The van der Waals surface area contributed by atoms with Crippen molar-refractivity contribution in [2.45, 2.75) is 6.42 Å². The molecule has 0 aliphatic rings. The van der Waals surface area contributed by atoms with Gasteiger partial charge in [-0.15, -0.1) is 0 Å². The van der Waals surface area contributed by atoms with Crippen LogP contribution in [0.15, 0.2) is 95.7 Å². The van der Waals surface area contributed by atoms with Crippen molar-refractivity contribution < 1.29 is 9.21 Å². The van der Waals surface area contributed by atoms with E-state index in [9.17, 15) is 4.79 Å². The van der Waals surface area contributed by atoms with E-state index in [-0.39, 0.29) is 12.3 Å². The maximum atomic E-state index is 12.5. The average Bonchev–Trinajstić information content (AvgIpc) is 3.12. The van der Waals surface area contributed by atoms with E-state index < -0.39 is 0 Å². The van der Waals surface area contributed by atoms with Gasteiger partial charge in [0.05, 0.1) is 6.42 Å². The molecule has 29 heavy (non-hydrogen) atoms. The SMILES string of the molecule is O=C(Cc1ccc2c(c1)oc1ccccc12)Nc1ccc(-c2cccnc2)cc1. The number of fused-ring (bicyclic) bond motifs is 3. The minimum absolute atomic E-state index is 0.0606. The van der Waals surface area contributed by atoms with Gasteiger partial charge in [0.25, 0.3) is 0 Å². The second-order valence-corrected chi connectivity index (χ2v) is 6.97. The van der Waals surface area contributed by atoms with Crippen molar-refractivity contribution in [3.8, 4) is 11.1 Å². The van der Waals surface area contributed by atoms with E-state index in [1.54, 1.807) is 6.20 Å². The Morgan fingerprint density at radius 2 is 1.66 bits per heavy atom. The molecule has 1 N–H and O–H groups in total. The Labute approximate surface area is 167 Å². The third-order valence-electron chi connectivity index (χ3n) is 4.97. The van der Waals surface area contributed by atoms with Crippen molar-refractivity contribution in [1.82, 2.24) is 4.98 Å². The Bertz CT molecular complexity index is 1310. The number of hydrogen-bond donors (Lipinski definition) is 1. The Kier molecular flexibility index (Phi) is 4.30. The monoisotopic (exact) mass is 378 g/mol. The predicted molar refractivity (Wildman–Crippen MR) is 116 cm³/mol. The topological polar surface area (TPSA) is 55.1 Å². The third kappa shape index (κ3) is 3.48. The molecule has 2 heterocycles. The summed E-state index contributed by atoms with van der Waals surface area (Å²) in [6.45, 7) is 0. The minimum Gasteiger partial charge on any atom is -0.456 e. The van der Waals surface area contributed by atoms with Crippen LogP contribution < -0.4 is 5.32 Å². The molecule has 5 rings (SSSR count). The number of furan rings is 1. The molecule has 0 bridgehead atoms. The molecule has 4 nitrogen and oxygen atoms in total. The van der Waals surface area contributed by atoms with Crippen molar-refractivity contribution in [2.75, 3.05) is 5.32 Å². The van der Waals surface area contributed by atoms with Crippen molar-refractivity contribution in [3.63, 3.8) is 0 Å². The zero-order chi connectivity index (χ0) is 19.6. The average molecular weight is 378 g/mol. The molecule has 4 heteroatoms. The second kappa shape index (κ2) is 7.24. The number of hydrogen-bond acceptors (Lipinski definition) is 3. The fourth-order valence-electron chi connectivity index (χ4n) is 3.55. The Morgan fingerprint density at radius 3 is 2.48 bits per heavy atom.